The van der Waals surface area contributed by atoms with Crippen LogP contribution in [0.4, 0.5) is 0 Å². The van der Waals surface area contributed by atoms with Gasteiger partial charge in [-0.05, 0) is 54.7 Å². The lowest BCUT2D eigenvalue weighted by molar-refractivity contribution is 0.285. The highest BCUT2D eigenvalue weighted by Gasteiger charge is 2.25. The molecule has 1 aromatic heterocycles. The lowest BCUT2D eigenvalue weighted by Crippen LogP contribution is -2.44. The molecule has 2 heterocycles. The molecule has 7 nitrogen and oxygen atoms in total. The highest BCUT2D eigenvalue weighted by atomic mass is 32.2. The first-order valence-electron chi connectivity index (χ1n) is 8.98. The second-order valence-electron chi connectivity index (χ2n) is 6.69. The molecule has 0 unspecified atom stereocenters. The van der Waals surface area contributed by atoms with Crippen LogP contribution in [-0.4, -0.2) is 37.9 Å². The van der Waals surface area contributed by atoms with Gasteiger partial charge in [0.15, 0.2) is 0 Å². The number of aromatic nitrogens is 1. The molecule has 1 fully saturated rings. The maximum Gasteiger partial charge on any atom is 0.279 e. The molecule has 0 saturated carbocycles. The molecule has 0 bridgehead atoms. The van der Waals surface area contributed by atoms with Crippen molar-refractivity contribution in [1.29, 1.82) is 0 Å². The zero-order valence-electron chi connectivity index (χ0n) is 15.6. The van der Waals surface area contributed by atoms with E-state index in [2.05, 4.69) is 16.6 Å². The van der Waals surface area contributed by atoms with Crippen LogP contribution in [0.2, 0.25) is 0 Å². The van der Waals surface area contributed by atoms with Gasteiger partial charge < -0.3 is 9.47 Å². The summed E-state index contributed by atoms with van der Waals surface area (Å²) in [5.41, 5.74) is 0.780. The van der Waals surface area contributed by atoms with Gasteiger partial charge in [-0.15, -0.1) is 0 Å². The average Bonchev–Trinajstić information content (AvgIpc) is 2.68. The molecule has 27 heavy (non-hydrogen) atoms. The number of pyridine rings is 1. The number of hydrogen-bond donors (Lipinski definition) is 1. The van der Waals surface area contributed by atoms with Crippen molar-refractivity contribution in [2.45, 2.75) is 26.3 Å². The van der Waals surface area contributed by atoms with Gasteiger partial charge in [-0.3, -0.25) is 0 Å². The summed E-state index contributed by atoms with van der Waals surface area (Å²) in [6, 6.07) is 10.7. The van der Waals surface area contributed by atoms with E-state index in [1.165, 1.54) is 4.31 Å². The molecule has 1 aliphatic heterocycles. The first kappa shape index (κ1) is 19.6. The van der Waals surface area contributed by atoms with Crippen LogP contribution >= 0.6 is 0 Å². The molecule has 1 saturated heterocycles. The van der Waals surface area contributed by atoms with Crippen molar-refractivity contribution in [3.05, 3.63) is 48.2 Å². The maximum atomic E-state index is 12.5. The normalized spacial score (nSPS) is 16.2. The number of ether oxygens (including phenoxy) is 2. The van der Waals surface area contributed by atoms with Gasteiger partial charge in [0.2, 0.25) is 5.88 Å². The molecule has 0 amide bonds. The second-order valence-corrected chi connectivity index (χ2v) is 8.44. The zero-order valence-corrected chi connectivity index (χ0v) is 16.4. The molecular formula is C19H25N3O4S. The molecule has 0 radical (unpaired) electrons. The first-order chi connectivity index (χ1) is 13.0. The molecule has 0 aliphatic carbocycles. The van der Waals surface area contributed by atoms with Crippen LogP contribution in [0.15, 0.2) is 42.6 Å². The minimum absolute atomic E-state index is 0.190. The number of nitrogens with one attached hydrogen (secondary N) is 1. The molecule has 1 aliphatic rings. The van der Waals surface area contributed by atoms with E-state index in [-0.39, 0.29) is 6.54 Å². The Bertz CT molecular complexity index is 848. The third-order valence-corrected chi connectivity index (χ3v) is 6.18. The third-order valence-electron chi connectivity index (χ3n) is 4.62. The fourth-order valence-corrected chi connectivity index (χ4v) is 4.09. The van der Waals surface area contributed by atoms with Gasteiger partial charge in [0, 0.05) is 31.9 Å². The minimum atomic E-state index is -3.48. The van der Waals surface area contributed by atoms with Crippen molar-refractivity contribution < 1.29 is 17.9 Å². The minimum Gasteiger partial charge on any atom is -0.497 e. The molecule has 0 spiro atoms. The predicted octanol–water partition coefficient (Wildman–Crippen LogP) is 2.95. The van der Waals surface area contributed by atoms with Crippen LogP contribution in [0.3, 0.4) is 0 Å². The van der Waals surface area contributed by atoms with E-state index < -0.39 is 10.2 Å². The maximum absolute atomic E-state index is 12.5. The summed E-state index contributed by atoms with van der Waals surface area (Å²) in [5.74, 6) is 2.35. The predicted molar refractivity (Wildman–Crippen MR) is 103 cm³/mol. The molecular weight excluding hydrogens is 366 g/mol. The van der Waals surface area contributed by atoms with Crippen molar-refractivity contribution >= 4 is 10.2 Å². The van der Waals surface area contributed by atoms with Crippen molar-refractivity contribution in [2.75, 3.05) is 20.2 Å². The summed E-state index contributed by atoms with van der Waals surface area (Å²) in [6.45, 7) is 3.48. The van der Waals surface area contributed by atoms with Gasteiger partial charge in [0.05, 0.1) is 7.11 Å². The van der Waals surface area contributed by atoms with Gasteiger partial charge in [-0.1, -0.05) is 6.92 Å². The van der Waals surface area contributed by atoms with Gasteiger partial charge in [0.1, 0.15) is 11.5 Å². The molecule has 8 heteroatoms. The number of benzene rings is 1. The topological polar surface area (TPSA) is 80.8 Å². The monoisotopic (exact) mass is 391 g/mol. The quantitative estimate of drug-likeness (QED) is 0.785. The van der Waals surface area contributed by atoms with Crippen molar-refractivity contribution in [3.8, 4) is 17.4 Å². The van der Waals surface area contributed by atoms with Crippen LogP contribution in [0.1, 0.15) is 25.3 Å². The molecule has 146 valence electrons. The van der Waals surface area contributed by atoms with Crippen LogP contribution < -0.4 is 14.2 Å². The Balaban J connectivity index is 1.60. The largest absolute Gasteiger partial charge is 0.497 e. The summed E-state index contributed by atoms with van der Waals surface area (Å²) in [7, 11) is -1.87. The second kappa shape index (κ2) is 8.69. The van der Waals surface area contributed by atoms with E-state index in [4.69, 9.17) is 9.47 Å². The van der Waals surface area contributed by atoms with Crippen LogP contribution in [0, 0.1) is 5.92 Å². The van der Waals surface area contributed by atoms with Crippen LogP contribution in [0.25, 0.3) is 0 Å². The summed E-state index contributed by atoms with van der Waals surface area (Å²) < 4.78 is 39.9. The Hall–Kier alpha value is -2.16. The Kier molecular flexibility index (Phi) is 6.30. The third kappa shape index (κ3) is 5.41. The van der Waals surface area contributed by atoms with E-state index in [0.717, 1.165) is 24.2 Å². The summed E-state index contributed by atoms with van der Waals surface area (Å²) in [6.07, 6.45) is 3.40. The molecule has 3 rings (SSSR count). The number of methoxy groups -OCH3 is 1. The summed E-state index contributed by atoms with van der Waals surface area (Å²) in [5, 5.41) is 0. The van der Waals surface area contributed by atoms with E-state index in [1.54, 1.807) is 49.7 Å². The van der Waals surface area contributed by atoms with Gasteiger partial charge >= 0.3 is 0 Å². The smallest absolute Gasteiger partial charge is 0.279 e. The molecule has 2 aromatic rings. The Morgan fingerprint density at radius 2 is 1.81 bits per heavy atom. The van der Waals surface area contributed by atoms with Crippen molar-refractivity contribution in [2.24, 2.45) is 5.92 Å². The average molecular weight is 391 g/mol. The van der Waals surface area contributed by atoms with Gasteiger partial charge in [-0.2, -0.15) is 17.4 Å². The Morgan fingerprint density at radius 1 is 1.15 bits per heavy atom. The lowest BCUT2D eigenvalue weighted by Gasteiger charge is -2.29. The van der Waals surface area contributed by atoms with E-state index in [9.17, 15) is 8.42 Å². The fraction of sp³-hybridized carbons (Fsp3) is 0.421. The van der Waals surface area contributed by atoms with Crippen LogP contribution in [0.5, 0.6) is 17.4 Å². The highest BCUT2D eigenvalue weighted by Crippen LogP contribution is 2.23. The van der Waals surface area contributed by atoms with E-state index in [0.29, 0.717) is 30.6 Å². The molecule has 0 atom stereocenters. The van der Waals surface area contributed by atoms with E-state index >= 15 is 0 Å². The number of piperidine rings is 1. The Morgan fingerprint density at radius 3 is 2.48 bits per heavy atom. The summed E-state index contributed by atoms with van der Waals surface area (Å²) >= 11 is 0. The number of nitrogens with zero attached hydrogens (tertiary/aromatic N) is 2. The summed E-state index contributed by atoms with van der Waals surface area (Å²) in [4.78, 5) is 4.18. The number of hydrogen-bond acceptors (Lipinski definition) is 5. The van der Waals surface area contributed by atoms with Crippen molar-refractivity contribution in [1.82, 2.24) is 14.0 Å². The highest BCUT2D eigenvalue weighted by molar-refractivity contribution is 7.87. The Labute approximate surface area is 160 Å². The van der Waals surface area contributed by atoms with Gasteiger partial charge in [-0.25, -0.2) is 4.98 Å². The molecule has 1 aromatic carbocycles. The molecule has 1 N–H and O–H groups in total. The fourth-order valence-electron chi connectivity index (χ4n) is 2.87. The first-order valence-corrected chi connectivity index (χ1v) is 10.4. The van der Waals surface area contributed by atoms with Crippen molar-refractivity contribution in [3.63, 3.8) is 0 Å². The lowest BCUT2D eigenvalue weighted by atomic mass is 10.0. The number of rotatable bonds is 7. The zero-order chi connectivity index (χ0) is 19.3. The van der Waals surface area contributed by atoms with E-state index in [1.807, 2.05) is 0 Å². The standard InChI is InChI=1S/C19H25N3O4S/c1-15-8-11-22(12-9-15)27(23,24)21-14-16-7-10-20-19(13-16)26-18-5-3-17(25-2)4-6-18/h3-7,10,13,15,21H,8-9,11-12,14H2,1-2H3. The van der Waals surface area contributed by atoms with Crippen LogP contribution in [-0.2, 0) is 16.8 Å². The van der Waals surface area contributed by atoms with Gasteiger partial charge in [0.25, 0.3) is 10.2 Å². The SMILES string of the molecule is COc1ccc(Oc2cc(CNS(=O)(=O)N3CCC(C)CC3)ccn2)cc1.